The molecular formula is C13H21ClFN3. The average Bonchev–Trinajstić information content (AvgIpc) is 2.56. The molecule has 2 unspecified atom stereocenters. The molecule has 0 saturated heterocycles. The lowest BCUT2D eigenvalue weighted by atomic mass is 9.80. The van der Waals surface area contributed by atoms with E-state index in [-0.39, 0.29) is 6.04 Å². The Morgan fingerprint density at radius 1 is 1.61 bits per heavy atom. The fourth-order valence-corrected chi connectivity index (χ4v) is 3.19. The monoisotopic (exact) mass is 273 g/mol. The van der Waals surface area contributed by atoms with E-state index in [1.165, 1.54) is 0 Å². The van der Waals surface area contributed by atoms with E-state index in [1.807, 2.05) is 14.0 Å². The first-order valence-corrected chi connectivity index (χ1v) is 6.98. The van der Waals surface area contributed by atoms with Gasteiger partial charge in [-0.05, 0) is 32.1 Å². The Labute approximate surface area is 112 Å². The van der Waals surface area contributed by atoms with E-state index < -0.39 is 5.67 Å². The molecule has 5 heteroatoms. The van der Waals surface area contributed by atoms with E-state index in [4.69, 9.17) is 17.3 Å². The Kier molecular flexibility index (Phi) is 3.97. The van der Waals surface area contributed by atoms with Crippen LogP contribution in [-0.4, -0.2) is 21.5 Å². The smallest absolute Gasteiger partial charge is 0.118 e. The maximum absolute atomic E-state index is 14.8. The van der Waals surface area contributed by atoms with Crippen LogP contribution in [0, 0.1) is 0 Å². The van der Waals surface area contributed by atoms with Crippen molar-refractivity contribution in [1.82, 2.24) is 9.78 Å². The molecule has 1 aliphatic rings. The van der Waals surface area contributed by atoms with E-state index in [0.717, 1.165) is 30.7 Å². The lowest BCUT2D eigenvalue weighted by Crippen LogP contribution is -2.39. The van der Waals surface area contributed by atoms with Crippen molar-refractivity contribution in [2.24, 2.45) is 12.8 Å². The summed E-state index contributed by atoms with van der Waals surface area (Å²) < 4.78 is 16.5. The van der Waals surface area contributed by atoms with Gasteiger partial charge in [0, 0.05) is 19.5 Å². The Hall–Kier alpha value is -0.610. The number of aromatic nitrogens is 2. The van der Waals surface area contributed by atoms with E-state index in [9.17, 15) is 4.39 Å². The highest BCUT2D eigenvalue weighted by Crippen LogP contribution is 2.36. The van der Waals surface area contributed by atoms with Crippen LogP contribution >= 0.6 is 11.6 Å². The van der Waals surface area contributed by atoms with Gasteiger partial charge in [-0.1, -0.05) is 18.5 Å². The van der Waals surface area contributed by atoms with Crippen molar-refractivity contribution >= 4 is 11.6 Å². The van der Waals surface area contributed by atoms with Crippen molar-refractivity contribution in [2.75, 3.05) is 0 Å². The Bertz CT molecular complexity index is 432. The molecule has 1 fully saturated rings. The van der Waals surface area contributed by atoms with Crippen molar-refractivity contribution in [3.05, 3.63) is 16.4 Å². The van der Waals surface area contributed by atoms with Crippen LogP contribution in [0.25, 0.3) is 0 Å². The number of halogens is 2. The molecule has 0 radical (unpaired) electrons. The molecule has 18 heavy (non-hydrogen) atoms. The molecule has 0 aromatic carbocycles. The normalized spacial score (nSPS) is 28.6. The third-order valence-electron chi connectivity index (χ3n) is 3.81. The first kappa shape index (κ1) is 13.8. The van der Waals surface area contributed by atoms with Gasteiger partial charge in [0.25, 0.3) is 0 Å². The van der Waals surface area contributed by atoms with Crippen molar-refractivity contribution < 1.29 is 4.39 Å². The van der Waals surface area contributed by atoms with Gasteiger partial charge in [0.15, 0.2) is 0 Å². The number of hydrogen-bond donors (Lipinski definition) is 1. The second kappa shape index (κ2) is 5.17. The van der Waals surface area contributed by atoms with Crippen LogP contribution in [0.3, 0.4) is 0 Å². The zero-order valence-corrected chi connectivity index (χ0v) is 11.8. The first-order valence-electron chi connectivity index (χ1n) is 6.60. The lowest BCUT2D eigenvalue weighted by Gasteiger charge is -2.33. The molecule has 2 atom stereocenters. The maximum Gasteiger partial charge on any atom is 0.118 e. The molecule has 0 bridgehead atoms. The van der Waals surface area contributed by atoms with Crippen LogP contribution in [0.15, 0.2) is 0 Å². The zero-order valence-electron chi connectivity index (χ0n) is 11.0. The standard InChI is InChI=1S/C13H21ClFN3/c1-3-10-12(14)11(18(2)17-10)8-13(15)6-4-5-9(16)7-13/h9H,3-8,16H2,1-2H3. The fourth-order valence-electron chi connectivity index (χ4n) is 2.83. The van der Waals surface area contributed by atoms with E-state index >= 15 is 0 Å². The summed E-state index contributed by atoms with van der Waals surface area (Å²) in [6.07, 6.45) is 3.87. The molecule has 1 heterocycles. The molecule has 1 saturated carbocycles. The van der Waals surface area contributed by atoms with Gasteiger partial charge in [-0.2, -0.15) is 5.10 Å². The largest absolute Gasteiger partial charge is 0.328 e. The molecule has 1 aromatic rings. The Morgan fingerprint density at radius 3 is 2.89 bits per heavy atom. The third-order valence-corrected chi connectivity index (χ3v) is 4.25. The van der Waals surface area contributed by atoms with Crippen LogP contribution in [0.4, 0.5) is 4.39 Å². The topological polar surface area (TPSA) is 43.8 Å². The van der Waals surface area contributed by atoms with Crippen molar-refractivity contribution in [3.8, 4) is 0 Å². The lowest BCUT2D eigenvalue weighted by molar-refractivity contribution is 0.0943. The van der Waals surface area contributed by atoms with Gasteiger partial charge < -0.3 is 5.73 Å². The minimum absolute atomic E-state index is 0.0265. The minimum Gasteiger partial charge on any atom is -0.328 e. The first-order chi connectivity index (χ1) is 8.45. The molecule has 1 aliphatic carbocycles. The number of hydrogen-bond acceptors (Lipinski definition) is 2. The van der Waals surface area contributed by atoms with Crippen LogP contribution in [0.1, 0.15) is 44.0 Å². The van der Waals surface area contributed by atoms with Gasteiger partial charge in [0.05, 0.1) is 16.4 Å². The summed E-state index contributed by atoms with van der Waals surface area (Å²) in [5.74, 6) is 0. The number of nitrogens with zero attached hydrogens (tertiary/aromatic N) is 2. The van der Waals surface area contributed by atoms with Gasteiger partial charge >= 0.3 is 0 Å². The summed E-state index contributed by atoms with van der Waals surface area (Å²) in [4.78, 5) is 0. The predicted octanol–water partition coefficient (Wildman–Crippen LogP) is 2.79. The number of nitrogens with two attached hydrogens (primary N) is 1. The van der Waals surface area contributed by atoms with Gasteiger partial charge in [0.1, 0.15) is 5.67 Å². The Balaban J connectivity index is 2.20. The van der Waals surface area contributed by atoms with E-state index in [0.29, 0.717) is 24.3 Å². The Morgan fingerprint density at radius 2 is 2.33 bits per heavy atom. The summed E-state index contributed by atoms with van der Waals surface area (Å²) >= 11 is 6.27. The number of rotatable bonds is 3. The molecule has 102 valence electrons. The van der Waals surface area contributed by atoms with Gasteiger partial charge in [-0.25, -0.2) is 4.39 Å². The fraction of sp³-hybridized carbons (Fsp3) is 0.769. The number of alkyl halides is 1. The van der Waals surface area contributed by atoms with Crippen LogP contribution < -0.4 is 5.73 Å². The summed E-state index contributed by atoms with van der Waals surface area (Å²) in [5.41, 5.74) is 6.30. The maximum atomic E-state index is 14.8. The second-order valence-electron chi connectivity index (χ2n) is 5.37. The van der Waals surface area contributed by atoms with Crippen LogP contribution in [0.2, 0.25) is 5.02 Å². The van der Waals surface area contributed by atoms with Gasteiger partial charge in [-0.3, -0.25) is 4.68 Å². The highest BCUT2D eigenvalue weighted by molar-refractivity contribution is 6.31. The van der Waals surface area contributed by atoms with Crippen LogP contribution in [0.5, 0.6) is 0 Å². The molecule has 0 amide bonds. The van der Waals surface area contributed by atoms with Crippen molar-refractivity contribution in [1.29, 1.82) is 0 Å². The highest BCUT2D eigenvalue weighted by Gasteiger charge is 2.37. The minimum atomic E-state index is -1.22. The quantitative estimate of drug-likeness (QED) is 0.920. The summed E-state index contributed by atoms with van der Waals surface area (Å²) in [6, 6.07) is -0.0265. The summed E-state index contributed by atoms with van der Waals surface area (Å²) in [6.45, 7) is 2.00. The van der Waals surface area contributed by atoms with Crippen LogP contribution in [-0.2, 0) is 19.9 Å². The summed E-state index contributed by atoms with van der Waals surface area (Å²) in [7, 11) is 1.83. The zero-order chi connectivity index (χ0) is 13.3. The predicted molar refractivity (Wildman–Crippen MR) is 71.6 cm³/mol. The number of aryl methyl sites for hydroxylation is 2. The van der Waals surface area contributed by atoms with Gasteiger partial charge in [-0.15, -0.1) is 0 Å². The van der Waals surface area contributed by atoms with E-state index in [2.05, 4.69) is 5.10 Å². The van der Waals surface area contributed by atoms with Crippen molar-refractivity contribution in [2.45, 2.75) is 57.2 Å². The molecule has 2 rings (SSSR count). The second-order valence-corrected chi connectivity index (χ2v) is 5.75. The molecule has 0 aliphatic heterocycles. The summed E-state index contributed by atoms with van der Waals surface area (Å²) in [5, 5.41) is 4.95. The molecule has 2 N–H and O–H groups in total. The van der Waals surface area contributed by atoms with E-state index in [1.54, 1.807) is 4.68 Å². The third kappa shape index (κ3) is 2.69. The van der Waals surface area contributed by atoms with Crippen molar-refractivity contribution in [3.63, 3.8) is 0 Å². The average molecular weight is 274 g/mol. The molecule has 1 aromatic heterocycles. The molecule has 3 nitrogen and oxygen atoms in total. The SMILES string of the molecule is CCc1nn(C)c(CC2(F)CCCC(N)C2)c1Cl. The molecular weight excluding hydrogens is 253 g/mol. The van der Waals surface area contributed by atoms with Gasteiger partial charge in [0.2, 0.25) is 0 Å². The highest BCUT2D eigenvalue weighted by atomic mass is 35.5. The molecule has 0 spiro atoms.